The topological polar surface area (TPSA) is 39.9 Å². The lowest BCUT2D eigenvalue weighted by Gasteiger charge is -2.25. The van der Waals surface area contributed by atoms with Crippen molar-refractivity contribution in [3.63, 3.8) is 0 Å². The van der Waals surface area contributed by atoms with Gasteiger partial charge in [-0.3, -0.25) is 4.98 Å². The summed E-state index contributed by atoms with van der Waals surface area (Å²) in [6.45, 7) is 0.911. The van der Waals surface area contributed by atoms with Crippen LogP contribution in [0.5, 0.6) is 5.75 Å². The SMILES string of the molecule is Clc1cncc(-c2cn3c4c(cccc24)OC2(CC2)C3)n1. The van der Waals surface area contributed by atoms with Crippen LogP contribution in [0.3, 0.4) is 0 Å². The van der Waals surface area contributed by atoms with E-state index in [1.54, 1.807) is 12.4 Å². The fourth-order valence-electron chi connectivity index (χ4n) is 3.18. The molecule has 1 aliphatic heterocycles. The second-order valence-electron chi connectivity index (χ2n) is 5.84. The summed E-state index contributed by atoms with van der Waals surface area (Å²) < 4.78 is 8.48. The molecule has 0 saturated heterocycles. The third kappa shape index (κ3) is 1.62. The zero-order valence-corrected chi connectivity index (χ0v) is 12.0. The molecule has 3 heterocycles. The van der Waals surface area contributed by atoms with E-state index in [9.17, 15) is 0 Å². The maximum Gasteiger partial charge on any atom is 0.148 e. The van der Waals surface area contributed by atoms with E-state index in [0.29, 0.717) is 5.15 Å². The van der Waals surface area contributed by atoms with Gasteiger partial charge in [0, 0.05) is 17.1 Å². The van der Waals surface area contributed by atoms with Crippen molar-refractivity contribution in [3.8, 4) is 17.0 Å². The number of hydrogen-bond donors (Lipinski definition) is 0. The second-order valence-corrected chi connectivity index (χ2v) is 6.22. The Morgan fingerprint density at radius 1 is 1.24 bits per heavy atom. The second kappa shape index (κ2) is 3.77. The summed E-state index contributed by atoms with van der Waals surface area (Å²) in [6.07, 6.45) is 7.72. The Kier molecular flexibility index (Phi) is 2.08. The Labute approximate surface area is 126 Å². The van der Waals surface area contributed by atoms with Gasteiger partial charge in [0.1, 0.15) is 16.5 Å². The Morgan fingerprint density at radius 2 is 2.14 bits per heavy atom. The largest absolute Gasteiger partial charge is 0.483 e. The highest BCUT2D eigenvalue weighted by atomic mass is 35.5. The van der Waals surface area contributed by atoms with Gasteiger partial charge in [0.15, 0.2) is 0 Å². The smallest absolute Gasteiger partial charge is 0.148 e. The molecule has 0 N–H and O–H groups in total. The van der Waals surface area contributed by atoms with Crippen molar-refractivity contribution in [2.24, 2.45) is 0 Å². The van der Waals surface area contributed by atoms with E-state index < -0.39 is 0 Å². The van der Waals surface area contributed by atoms with Crippen molar-refractivity contribution >= 4 is 22.5 Å². The van der Waals surface area contributed by atoms with Crippen LogP contribution in [0.4, 0.5) is 0 Å². The van der Waals surface area contributed by atoms with E-state index in [1.165, 1.54) is 0 Å². The van der Waals surface area contributed by atoms with Crippen LogP contribution in [0.2, 0.25) is 5.15 Å². The molecule has 3 aromatic rings. The first-order valence-corrected chi connectivity index (χ1v) is 7.41. The monoisotopic (exact) mass is 297 g/mol. The van der Waals surface area contributed by atoms with Gasteiger partial charge in [-0.05, 0) is 18.9 Å². The van der Waals surface area contributed by atoms with Crippen LogP contribution < -0.4 is 4.74 Å². The molecule has 104 valence electrons. The van der Waals surface area contributed by atoms with Gasteiger partial charge in [-0.15, -0.1) is 0 Å². The van der Waals surface area contributed by atoms with Gasteiger partial charge < -0.3 is 9.30 Å². The molecule has 2 aliphatic rings. The molecule has 1 saturated carbocycles. The van der Waals surface area contributed by atoms with E-state index in [0.717, 1.165) is 47.3 Å². The number of hydrogen-bond acceptors (Lipinski definition) is 3. The third-order valence-electron chi connectivity index (χ3n) is 4.34. The fraction of sp³-hybridized carbons (Fsp3) is 0.250. The minimum absolute atomic E-state index is 0.0254. The molecule has 4 nitrogen and oxygen atoms in total. The standard InChI is InChI=1S/C16H12ClN3O/c17-14-7-18-6-12(19-14)11-8-20-9-16(4-5-16)21-13-3-1-2-10(11)15(13)20/h1-3,6-8H,4-5,9H2. The summed E-state index contributed by atoms with van der Waals surface area (Å²) in [5.41, 5.74) is 3.03. The predicted octanol–water partition coefficient (Wildman–Crippen LogP) is 3.68. The van der Waals surface area contributed by atoms with Gasteiger partial charge in [-0.25, -0.2) is 4.98 Å². The molecule has 0 unspecified atom stereocenters. The van der Waals surface area contributed by atoms with E-state index in [2.05, 4.69) is 26.8 Å². The van der Waals surface area contributed by atoms with Gasteiger partial charge in [0.2, 0.25) is 0 Å². The molecule has 5 heteroatoms. The van der Waals surface area contributed by atoms with E-state index in [-0.39, 0.29) is 5.60 Å². The molecule has 5 rings (SSSR count). The molecule has 1 fully saturated rings. The van der Waals surface area contributed by atoms with Crippen molar-refractivity contribution in [3.05, 3.63) is 41.9 Å². The van der Waals surface area contributed by atoms with Gasteiger partial charge >= 0.3 is 0 Å². The summed E-state index contributed by atoms with van der Waals surface area (Å²) in [5, 5.41) is 1.55. The third-order valence-corrected chi connectivity index (χ3v) is 4.52. The lowest BCUT2D eigenvalue weighted by atomic mass is 10.1. The van der Waals surface area contributed by atoms with Crippen LogP contribution in [0.1, 0.15) is 12.8 Å². The van der Waals surface area contributed by atoms with Gasteiger partial charge in [-0.1, -0.05) is 23.7 Å². The summed E-state index contributed by atoms with van der Waals surface area (Å²) in [4.78, 5) is 8.54. The van der Waals surface area contributed by atoms with Crippen molar-refractivity contribution in [1.82, 2.24) is 14.5 Å². The average Bonchev–Trinajstić information content (AvgIpc) is 3.11. The molecule has 2 aromatic heterocycles. The Balaban J connectivity index is 1.79. The van der Waals surface area contributed by atoms with Crippen molar-refractivity contribution < 1.29 is 4.74 Å². The van der Waals surface area contributed by atoms with E-state index in [4.69, 9.17) is 16.3 Å². The van der Waals surface area contributed by atoms with Crippen LogP contribution in [-0.2, 0) is 6.54 Å². The summed E-state index contributed by atoms with van der Waals surface area (Å²) in [6, 6.07) is 6.18. The number of nitrogens with zero attached hydrogens (tertiary/aromatic N) is 3. The quantitative estimate of drug-likeness (QED) is 0.688. The maximum atomic E-state index is 6.19. The van der Waals surface area contributed by atoms with Crippen LogP contribution in [-0.4, -0.2) is 20.1 Å². The van der Waals surface area contributed by atoms with E-state index >= 15 is 0 Å². The van der Waals surface area contributed by atoms with Crippen LogP contribution >= 0.6 is 11.6 Å². The van der Waals surface area contributed by atoms with Crippen molar-refractivity contribution in [2.75, 3.05) is 0 Å². The predicted molar refractivity (Wildman–Crippen MR) is 80.6 cm³/mol. The summed E-state index contributed by atoms with van der Waals surface area (Å²) in [5.74, 6) is 0.970. The summed E-state index contributed by atoms with van der Waals surface area (Å²) in [7, 11) is 0. The highest BCUT2D eigenvalue weighted by Crippen LogP contribution is 2.48. The van der Waals surface area contributed by atoms with E-state index in [1.807, 2.05) is 12.1 Å². The lowest BCUT2D eigenvalue weighted by molar-refractivity contribution is 0.148. The highest BCUT2D eigenvalue weighted by Gasteiger charge is 2.48. The number of aromatic nitrogens is 3. The van der Waals surface area contributed by atoms with Crippen molar-refractivity contribution in [1.29, 1.82) is 0 Å². The molecular formula is C16H12ClN3O. The molecule has 21 heavy (non-hydrogen) atoms. The Bertz CT molecular complexity index is 882. The van der Waals surface area contributed by atoms with Gasteiger partial charge in [-0.2, -0.15) is 0 Å². The molecule has 0 radical (unpaired) electrons. The zero-order valence-electron chi connectivity index (χ0n) is 11.2. The van der Waals surface area contributed by atoms with Crippen LogP contribution in [0, 0.1) is 0 Å². The normalized spacial score (nSPS) is 18.0. The lowest BCUT2D eigenvalue weighted by Crippen LogP contribution is -2.28. The summed E-state index contributed by atoms with van der Waals surface area (Å²) >= 11 is 5.98. The Hall–Kier alpha value is -2.07. The molecular weight excluding hydrogens is 286 g/mol. The number of para-hydroxylation sites is 1. The molecule has 1 aromatic carbocycles. The molecule has 0 amide bonds. The first-order chi connectivity index (χ1) is 10.2. The zero-order chi connectivity index (χ0) is 14.0. The van der Waals surface area contributed by atoms with Crippen LogP contribution in [0.25, 0.3) is 22.2 Å². The molecule has 0 bridgehead atoms. The molecule has 1 aliphatic carbocycles. The maximum absolute atomic E-state index is 6.19. The average molecular weight is 298 g/mol. The minimum Gasteiger partial charge on any atom is -0.483 e. The van der Waals surface area contributed by atoms with Gasteiger partial charge in [0.25, 0.3) is 0 Å². The van der Waals surface area contributed by atoms with Crippen LogP contribution in [0.15, 0.2) is 36.8 Å². The molecule has 0 atom stereocenters. The number of rotatable bonds is 1. The number of ether oxygens (including phenoxy) is 1. The fourth-order valence-corrected chi connectivity index (χ4v) is 3.33. The Morgan fingerprint density at radius 3 is 2.95 bits per heavy atom. The van der Waals surface area contributed by atoms with Gasteiger partial charge in [0.05, 0.1) is 30.1 Å². The minimum atomic E-state index is 0.0254. The number of benzene rings is 1. The number of halogens is 1. The first kappa shape index (κ1) is 11.6. The first-order valence-electron chi connectivity index (χ1n) is 7.03. The molecule has 1 spiro atoms. The highest BCUT2D eigenvalue weighted by molar-refractivity contribution is 6.29. The van der Waals surface area contributed by atoms with Crippen molar-refractivity contribution in [2.45, 2.75) is 25.0 Å².